The molecule has 0 unspecified atom stereocenters. The molecule has 96 heavy (non-hydrogen) atoms. The van der Waals surface area contributed by atoms with E-state index in [4.69, 9.17) is 101 Å². The maximum Gasteiger partial charge on any atom is 0.303 e. The van der Waals surface area contributed by atoms with Gasteiger partial charge in [-0.05, 0) is 44.6 Å². The Balaban J connectivity index is 1.28. The van der Waals surface area contributed by atoms with Crippen molar-refractivity contribution < 1.29 is 85.2 Å². The number of alkyl halides is 3. The van der Waals surface area contributed by atoms with Gasteiger partial charge in [0.1, 0.15) is 48.8 Å². The fourth-order valence-corrected chi connectivity index (χ4v) is 17.0. The molecule has 0 radical (unpaired) electrons. The Kier molecular flexibility index (Phi) is 26.8. The molecule has 0 aliphatic carbocycles. The molecule has 3 heterocycles. The first-order valence-corrected chi connectivity index (χ1v) is 34.9. The lowest BCUT2D eigenvalue weighted by Gasteiger charge is -2.54. The number of ether oxygens (including phenoxy) is 13. The van der Waals surface area contributed by atoms with Crippen molar-refractivity contribution in [2.24, 2.45) is 0 Å². The summed E-state index contributed by atoms with van der Waals surface area (Å²) < 4.78 is 93.6. The van der Waals surface area contributed by atoms with Crippen molar-refractivity contribution in [1.29, 1.82) is 0 Å². The van der Waals surface area contributed by atoms with E-state index in [1.54, 1.807) is 13.0 Å². The van der Waals surface area contributed by atoms with E-state index in [9.17, 15) is 14.4 Å². The number of nitrogens with one attached hydrogen (secondary N) is 1. The van der Waals surface area contributed by atoms with E-state index < -0.39 is 133 Å². The summed E-state index contributed by atoms with van der Waals surface area (Å²) in [6.45, 7) is 15.2. The first kappa shape index (κ1) is 73.8. The van der Waals surface area contributed by atoms with Crippen molar-refractivity contribution in [3.05, 3.63) is 217 Å². The summed E-state index contributed by atoms with van der Waals surface area (Å²) in [7, 11) is -3.81. The number of carbonyl (C=O) groups excluding carboxylic acids is 4. The smallest absolute Gasteiger partial charge is 0.303 e. The van der Waals surface area contributed by atoms with E-state index in [1.807, 2.05) is 182 Å². The molecule has 0 spiro atoms. The summed E-state index contributed by atoms with van der Waals surface area (Å²) in [5.74, 6) is -3.54. The van der Waals surface area contributed by atoms with E-state index in [0.717, 1.165) is 46.5 Å². The van der Waals surface area contributed by atoms with E-state index in [0.29, 0.717) is 0 Å². The molecule has 6 aromatic rings. The highest BCUT2D eigenvalue weighted by atomic mass is 35.6. The number of halogens is 3. The Labute approximate surface area is 577 Å². The highest BCUT2D eigenvalue weighted by Gasteiger charge is 2.61. The van der Waals surface area contributed by atoms with Gasteiger partial charge in [0, 0.05) is 20.8 Å². The SMILES string of the molecule is C=CCO[C@H]1[C@@H](OCc2ccccc2)[C@@H](COCc2ccccc2)O[C@@H](O[C@@H]2[C@@H](NC(=O)C(Cl)(Cl)Cl)[C@H](O[Si](c3ccccc3)(c3ccccc3)C(C)(C)C)O[C@H](COCc3ccccc3)[C@H]2O[C@@H]2O[C@@H](C)[C@@H](OC(C)=O)[C@@H](OC(C)=O)[C@@H]2OC(C)=O)[C@@H]1OCc1ccccc1. The van der Waals surface area contributed by atoms with Gasteiger partial charge in [0.2, 0.25) is 0 Å². The molecule has 1 amide bonds. The first-order chi connectivity index (χ1) is 46.1. The molecule has 0 bridgehead atoms. The third kappa shape index (κ3) is 19.5. The normalized spacial score (nSPS) is 26.2. The van der Waals surface area contributed by atoms with Gasteiger partial charge in [0.05, 0.1) is 52.4 Å². The number of esters is 3. The van der Waals surface area contributed by atoms with Gasteiger partial charge >= 0.3 is 17.9 Å². The second kappa shape index (κ2) is 34.9. The molecule has 0 aromatic heterocycles. The number of benzene rings is 6. The number of carbonyl (C=O) groups is 4. The van der Waals surface area contributed by atoms with Crippen molar-refractivity contribution in [2.75, 3.05) is 19.8 Å². The van der Waals surface area contributed by atoms with Crippen LogP contribution in [0.25, 0.3) is 0 Å². The van der Waals surface area contributed by atoms with Crippen LogP contribution in [0.3, 0.4) is 0 Å². The largest absolute Gasteiger partial charge is 0.456 e. The molecule has 19 nitrogen and oxygen atoms in total. The molecule has 6 aromatic carbocycles. The summed E-state index contributed by atoms with van der Waals surface area (Å²) in [5, 5.41) is 3.90. The summed E-state index contributed by atoms with van der Waals surface area (Å²) in [6, 6.07) is 56.0. The Morgan fingerprint density at radius 1 is 0.479 bits per heavy atom. The van der Waals surface area contributed by atoms with Crippen molar-refractivity contribution in [3.8, 4) is 0 Å². The van der Waals surface area contributed by atoms with Crippen LogP contribution in [0.1, 0.15) is 70.7 Å². The summed E-state index contributed by atoms with van der Waals surface area (Å²) in [4.78, 5) is 54.5. The minimum absolute atomic E-state index is 0.00187. The van der Waals surface area contributed by atoms with Gasteiger partial charge in [-0.15, -0.1) is 6.58 Å². The third-order valence-corrected chi connectivity index (χ3v) is 22.0. The fraction of sp³-hybridized carbons (Fsp3) is 0.425. The molecule has 1 N–H and O–H groups in total. The average molecular weight is 1400 g/mol. The van der Waals surface area contributed by atoms with E-state index in [1.165, 1.54) is 6.92 Å². The van der Waals surface area contributed by atoms with Gasteiger partial charge in [-0.25, -0.2) is 0 Å². The lowest BCUT2D eigenvalue weighted by Crippen LogP contribution is -2.75. The van der Waals surface area contributed by atoms with E-state index in [-0.39, 0.29) is 46.2 Å². The standard InChI is InChI=1S/C73H84Cl3NO18Si/c1-9-40-84-64-61(85-43-53-32-20-12-21-33-53)57(45-82-41-51-28-16-10-17-29-51)92-69(66(64)86-44-54-34-22-13-23-35-54)94-63-59(77-71(81)73(74,75)76)68(95-96(72(6,7)8,55-36-24-14-25-37-55)56-38-26-15-27-39-56)91-58(46-83-42-52-30-18-11-19-31-52)62(63)93-70-67(90-50(5)80)65(89-49(4)79)60(47(2)87-70)88-48(3)78/h9-39,47,57-70H,1,40-46H2,2-8H3,(H,77,81)/t47-,57+,58+,59+,60+,61-,62+,63+,64-,65+,66+,67-,68-,69-,70-/m0/s1. The number of hydrogen-bond acceptors (Lipinski definition) is 18. The molecular formula is C73H84Cl3NO18Si. The molecule has 0 saturated carbocycles. The van der Waals surface area contributed by atoms with Crippen LogP contribution in [0.4, 0.5) is 0 Å². The number of hydrogen-bond donors (Lipinski definition) is 1. The zero-order valence-corrected chi connectivity index (χ0v) is 58.0. The van der Waals surface area contributed by atoms with Crippen LogP contribution in [-0.4, -0.2) is 148 Å². The van der Waals surface area contributed by atoms with Crippen molar-refractivity contribution in [2.45, 2.75) is 176 Å². The lowest BCUT2D eigenvalue weighted by molar-refractivity contribution is -0.376. The second-order valence-corrected chi connectivity index (χ2v) is 31.1. The van der Waals surface area contributed by atoms with Gasteiger partial charge in [-0.2, -0.15) is 0 Å². The minimum atomic E-state index is -3.81. The molecule has 15 atom stereocenters. The van der Waals surface area contributed by atoms with Crippen LogP contribution >= 0.6 is 34.8 Å². The monoisotopic (exact) mass is 1400 g/mol. The van der Waals surface area contributed by atoms with Crippen LogP contribution in [0, 0.1) is 0 Å². The topological polar surface area (TPSA) is 210 Å². The molecular weight excluding hydrogens is 1310 g/mol. The maximum atomic E-state index is 15.0. The Morgan fingerprint density at radius 2 is 0.875 bits per heavy atom. The Morgan fingerprint density at radius 3 is 1.32 bits per heavy atom. The molecule has 3 aliphatic rings. The van der Waals surface area contributed by atoms with Gasteiger partial charge in [0.25, 0.3) is 18.0 Å². The zero-order valence-electron chi connectivity index (χ0n) is 54.7. The Bertz CT molecular complexity index is 3360. The molecule has 9 rings (SSSR count). The van der Waals surface area contributed by atoms with Crippen LogP contribution in [0.2, 0.25) is 5.04 Å². The second-order valence-electron chi connectivity index (χ2n) is 24.6. The quantitative estimate of drug-likeness (QED) is 0.0152. The van der Waals surface area contributed by atoms with Crippen molar-refractivity contribution in [3.63, 3.8) is 0 Å². The summed E-state index contributed by atoms with van der Waals surface area (Å²) in [6.07, 6.45) is -17.8. The molecule has 514 valence electrons. The maximum absolute atomic E-state index is 15.0. The first-order valence-electron chi connectivity index (χ1n) is 31.9. The average Bonchev–Trinajstić information content (AvgIpc) is 0.736. The van der Waals surface area contributed by atoms with Gasteiger partial charge < -0.3 is 71.3 Å². The van der Waals surface area contributed by atoms with Crippen LogP contribution in [0.5, 0.6) is 0 Å². The van der Waals surface area contributed by atoms with Crippen LogP contribution in [-0.2, 0) is 112 Å². The third-order valence-electron chi connectivity index (χ3n) is 16.5. The number of rotatable bonds is 29. The van der Waals surface area contributed by atoms with Gasteiger partial charge in [-0.3, -0.25) is 19.2 Å². The summed E-state index contributed by atoms with van der Waals surface area (Å²) in [5.41, 5.74) is 3.32. The predicted molar refractivity (Wildman–Crippen MR) is 361 cm³/mol. The van der Waals surface area contributed by atoms with Crippen LogP contribution < -0.4 is 15.7 Å². The molecule has 3 saturated heterocycles. The van der Waals surface area contributed by atoms with Gasteiger partial charge in [0.15, 0.2) is 37.2 Å². The Hall–Kier alpha value is -6.41. The molecule has 3 aliphatic heterocycles. The van der Waals surface area contributed by atoms with E-state index >= 15 is 4.79 Å². The lowest BCUT2D eigenvalue weighted by atomic mass is 9.94. The van der Waals surface area contributed by atoms with E-state index in [2.05, 4.69) is 32.7 Å². The predicted octanol–water partition coefficient (Wildman–Crippen LogP) is 10.4. The van der Waals surface area contributed by atoms with Crippen molar-refractivity contribution in [1.82, 2.24) is 5.32 Å². The molecule has 23 heteroatoms. The highest BCUT2D eigenvalue weighted by molar-refractivity contribution is 6.99. The molecule has 3 fully saturated rings. The van der Waals surface area contributed by atoms with Crippen molar-refractivity contribution >= 4 is 77.3 Å². The van der Waals surface area contributed by atoms with Crippen LogP contribution in [0.15, 0.2) is 195 Å². The summed E-state index contributed by atoms with van der Waals surface area (Å²) >= 11 is 19.9. The van der Waals surface area contributed by atoms with Gasteiger partial charge in [-0.1, -0.05) is 244 Å². The highest BCUT2D eigenvalue weighted by Crippen LogP contribution is 2.43. The number of amides is 1. The zero-order chi connectivity index (χ0) is 68.4. The minimum Gasteiger partial charge on any atom is -0.456 e. The fourth-order valence-electron chi connectivity index (χ4n) is 12.2.